The van der Waals surface area contributed by atoms with E-state index >= 15 is 0 Å². The minimum absolute atomic E-state index is 0.194. The Kier molecular flexibility index (Phi) is 2.29. The lowest BCUT2D eigenvalue weighted by Gasteiger charge is -2.00. The zero-order valence-electron chi connectivity index (χ0n) is 8.40. The highest BCUT2D eigenvalue weighted by molar-refractivity contribution is 5.39. The van der Waals surface area contributed by atoms with Gasteiger partial charge in [0.1, 0.15) is 5.82 Å². The first-order valence-electron chi connectivity index (χ1n) is 4.61. The van der Waals surface area contributed by atoms with Crippen LogP contribution in [0.15, 0.2) is 29.1 Å². The molecule has 0 aliphatic rings. The predicted molar refractivity (Wildman–Crippen MR) is 57.5 cm³/mol. The maximum Gasteiger partial charge on any atom is 0.343 e. The fourth-order valence-electron chi connectivity index (χ4n) is 1.36. The van der Waals surface area contributed by atoms with Crippen molar-refractivity contribution in [3.63, 3.8) is 0 Å². The third-order valence-corrected chi connectivity index (χ3v) is 2.31. The normalized spacial score (nSPS) is 10.5. The summed E-state index contributed by atoms with van der Waals surface area (Å²) in [5.74, 6) is 0.713. The molecule has 5 heteroatoms. The summed E-state index contributed by atoms with van der Waals surface area (Å²) in [5.41, 5.74) is 7.19. The number of hydrogen-bond donors (Lipinski definition) is 2. The quantitative estimate of drug-likeness (QED) is 0.690. The molecule has 1 aromatic heterocycles. The van der Waals surface area contributed by atoms with E-state index in [0.717, 1.165) is 11.3 Å². The Bertz CT molecular complexity index is 509. The molecule has 15 heavy (non-hydrogen) atoms. The number of anilines is 1. The monoisotopic (exact) mass is 204 g/mol. The zero-order chi connectivity index (χ0) is 10.8. The summed E-state index contributed by atoms with van der Waals surface area (Å²) in [5, 5.41) is 6.33. The van der Waals surface area contributed by atoms with Gasteiger partial charge in [-0.2, -0.15) is 5.10 Å². The van der Waals surface area contributed by atoms with E-state index in [1.807, 2.05) is 24.3 Å². The number of nitrogens with two attached hydrogens (primary N) is 1. The smallest absolute Gasteiger partial charge is 0.343 e. The topological polar surface area (TPSA) is 76.7 Å². The number of hydrogen-bond acceptors (Lipinski definition) is 3. The van der Waals surface area contributed by atoms with Gasteiger partial charge in [0.15, 0.2) is 0 Å². The molecular formula is C10H12N4O. The second-order valence-electron chi connectivity index (χ2n) is 3.42. The second-order valence-corrected chi connectivity index (χ2v) is 3.42. The largest absolute Gasteiger partial charge is 0.399 e. The summed E-state index contributed by atoms with van der Waals surface area (Å²) in [4.78, 5) is 11.1. The fraction of sp³-hybridized carbons (Fsp3) is 0.200. The van der Waals surface area contributed by atoms with Crippen LogP contribution in [0, 0.1) is 0 Å². The molecule has 1 aromatic carbocycles. The number of aromatic nitrogens is 3. The maximum atomic E-state index is 11.1. The van der Waals surface area contributed by atoms with E-state index < -0.39 is 0 Å². The molecule has 78 valence electrons. The third-order valence-electron chi connectivity index (χ3n) is 2.31. The average molecular weight is 204 g/mol. The van der Waals surface area contributed by atoms with Crippen molar-refractivity contribution in [2.45, 2.75) is 6.42 Å². The number of nitrogens with one attached hydrogen (secondary N) is 1. The van der Waals surface area contributed by atoms with Crippen molar-refractivity contribution in [2.75, 3.05) is 5.73 Å². The van der Waals surface area contributed by atoms with Crippen LogP contribution in [0.3, 0.4) is 0 Å². The van der Waals surface area contributed by atoms with Crippen molar-refractivity contribution < 1.29 is 0 Å². The molecule has 0 spiro atoms. The van der Waals surface area contributed by atoms with Gasteiger partial charge < -0.3 is 5.73 Å². The molecular weight excluding hydrogens is 192 g/mol. The summed E-state index contributed by atoms with van der Waals surface area (Å²) in [6.45, 7) is 0. The Morgan fingerprint density at radius 3 is 2.60 bits per heavy atom. The number of nitrogens with zero attached hydrogens (tertiary/aromatic N) is 2. The minimum atomic E-state index is -0.194. The van der Waals surface area contributed by atoms with Crippen molar-refractivity contribution in [1.82, 2.24) is 14.8 Å². The van der Waals surface area contributed by atoms with Gasteiger partial charge in [-0.1, -0.05) is 12.1 Å². The van der Waals surface area contributed by atoms with Gasteiger partial charge >= 0.3 is 5.69 Å². The van der Waals surface area contributed by atoms with Crippen molar-refractivity contribution >= 4 is 5.69 Å². The second kappa shape index (κ2) is 3.61. The van der Waals surface area contributed by atoms with Crippen LogP contribution in [0.25, 0.3) is 0 Å². The van der Waals surface area contributed by atoms with Crippen LogP contribution in [0.2, 0.25) is 0 Å². The van der Waals surface area contributed by atoms with Crippen LogP contribution >= 0.6 is 0 Å². The Balaban J connectivity index is 2.26. The standard InChI is InChI=1S/C10H12N4O/c1-14-9(12-13-10(14)15)6-7-2-4-8(11)5-3-7/h2-5H,6,11H2,1H3,(H,13,15). The van der Waals surface area contributed by atoms with Crippen molar-refractivity contribution in [3.8, 4) is 0 Å². The van der Waals surface area contributed by atoms with Gasteiger partial charge in [0.05, 0.1) is 0 Å². The first-order chi connectivity index (χ1) is 7.16. The minimum Gasteiger partial charge on any atom is -0.399 e. The van der Waals surface area contributed by atoms with Gasteiger partial charge in [-0.3, -0.25) is 4.57 Å². The molecule has 0 fully saturated rings. The average Bonchev–Trinajstić information content (AvgIpc) is 2.53. The highest BCUT2D eigenvalue weighted by Gasteiger charge is 2.04. The molecule has 0 radical (unpaired) electrons. The van der Waals surface area contributed by atoms with Gasteiger partial charge in [-0.05, 0) is 17.7 Å². The van der Waals surface area contributed by atoms with Gasteiger partial charge in [-0.25, -0.2) is 9.89 Å². The van der Waals surface area contributed by atoms with E-state index in [1.165, 1.54) is 4.57 Å². The predicted octanol–water partition coefficient (Wildman–Crippen LogP) is 0.281. The first kappa shape index (κ1) is 9.51. The third kappa shape index (κ3) is 1.90. The lowest BCUT2D eigenvalue weighted by Crippen LogP contribution is -2.14. The van der Waals surface area contributed by atoms with Gasteiger partial charge in [-0.15, -0.1) is 0 Å². The number of H-pyrrole nitrogens is 1. The molecule has 5 nitrogen and oxygen atoms in total. The van der Waals surface area contributed by atoms with Crippen LogP contribution in [0.1, 0.15) is 11.4 Å². The zero-order valence-corrected chi connectivity index (χ0v) is 8.40. The summed E-state index contributed by atoms with van der Waals surface area (Å²) in [6.07, 6.45) is 0.621. The first-order valence-corrected chi connectivity index (χ1v) is 4.61. The molecule has 0 aliphatic heterocycles. The van der Waals surface area contributed by atoms with Crippen LogP contribution < -0.4 is 11.4 Å². The van der Waals surface area contributed by atoms with Crippen LogP contribution in [0.5, 0.6) is 0 Å². The Hall–Kier alpha value is -2.04. The molecule has 0 saturated carbocycles. The molecule has 0 amide bonds. The van der Waals surface area contributed by atoms with E-state index in [4.69, 9.17) is 5.73 Å². The molecule has 0 atom stereocenters. The molecule has 3 N–H and O–H groups in total. The SMILES string of the molecule is Cn1c(Cc2ccc(N)cc2)n[nH]c1=O. The summed E-state index contributed by atoms with van der Waals surface area (Å²) in [6, 6.07) is 7.52. The Morgan fingerprint density at radius 1 is 1.40 bits per heavy atom. The van der Waals surface area contributed by atoms with E-state index in [-0.39, 0.29) is 5.69 Å². The van der Waals surface area contributed by atoms with E-state index in [9.17, 15) is 4.79 Å². The van der Waals surface area contributed by atoms with Crippen molar-refractivity contribution in [2.24, 2.45) is 7.05 Å². The van der Waals surface area contributed by atoms with Gasteiger partial charge in [0, 0.05) is 19.2 Å². The van der Waals surface area contributed by atoms with Gasteiger partial charge in [0.2, 0.25) is 0 Å². The summed E-state index contributed by atoms with van der Waals surface area (Å²) < 4.78 is 1.50. The molecule has 0 bridgehead atoms. The van der Waals surface area contributed by atoms with Gasteiger partial charge in [0.25, 0.3) is 0 Å². The summed E-state index contributed by atoms with van der Waals surface area (Å²) >= 11 is 0. The molecule has 0 unspecified atom stereocenters. The van der Waals surface area contributed by atoms with Crippen molar-refractivity contribution in [3.05, 3.63) is 46.1 Å². The van der Waals surface area contributed by atoms with E-state index in [1.54, 1.807) is 7.05 Å². The number of aromatic amines is 1. The Labute approximate surface area is 86.5 Å². The van der Waals surface area contributed by atoms with E-state index in [0.29, 0.717) is 12.2 Å². The molecule has 2 aromatic rings. The molecule has 2 rings (SSSR count). The lowest BCUT2D eigenvalue weighted by molar-refractivity contribution is 0.797. The highest BCUT2D eigenvalue weighted by Crippen LogP contribution is 2.08. The molecule has 1 heterocycles. The highest BCUT2D eigenvalue weighted by atomic mass is 16.1. The fourth-order valence-corrected chi connectivity index (χ4v) is 1.36. The van der Waals surface area contributed by atoms with Crippen LogP contribution in [-0.2, 0) is 13.5 Å². The molecule has 0 saturated heterocycles. The van der Waals surface area contributed by atoms with Crippen molar-refractivity contribution in [1.29, 1.82) is 0 Å². The molecule has 0 aliphatic carbocycles. The Morgan fingerprint density at radius 2 is 2.07 bits per heavy atom. The number of benzene rings is 1. The van der Waals surface area contributed by atoms with E-state index in [2.05, 4.69) is 10.2 Å². The summed E-state index contributed by atoms with van der Waals surface area (Å²) in [7, 11) is 1.69. The lowest BCUT2D eigenvalue weighted by atomic mass is 10.1. The maximum absolute atomic E-state index is 11.1. The number of rotatable bonds is 2. The number of nitrogen functional groups attached to an aromatic ring is 1. The van der Waals surface area contributed by atoms with Crippen LogP contribution in [-0.4, -0.2) is 14.8 Å². The van der Waals surface area contributed by atoms with Crippen LogP contribution in [0.4, 0.5) is 5.69 Å².